The van der Waals surface area contributed by atoms with E-state index in [1.807, 2.05) is 38.1 Å². The molecule has 0 spiro atoms. The molecule has 2 N–H and O–H groups in total. The van der Waals surface area contributed by atoms with Crippen LogP contribution in [0.5, 0.6) is 40.5 Å². The second-order valence-corrected chi connectivity index (χ2v) is 8.13. The minimum Gasteiger partial charge on any atom is -0.493 e. The SMILES string of the molecule is COc1ccc(CNc2nc(NCc3ccc(OC)c(OC)c3OC)nc(OC(C)C)n2)c(OC)c1OC. The molecular weight excluding hydrogens is 494 g/mol. The summed E-state index contributed by atoms with van der Waals surface area (Å²) in [5, 5.41) is 6.43. The third-order valence-corrected chi connectivity index (χ3v) is 5.40. The number of nitrogens with zero attached hydrogens (tertiary/aromatic N) is 3. The third kappa shape index (κ3) is 6.50. The molecule has 1 aromatic heterocycles. The summed E-state index contributed by atoms with van der Waals surface area (Å²) in [5.41, 5.74) is 1.64. The Labute approximate surface area is 222 Å². The van der Waals surface area contributed by atoms with Crippen molar-refractivity contribution < 1.29 is 33.2 Å². The van der Waals surface area contributed by atoms with E-state index in [2.05, 4.69) is 25.6 Å². The molecule has 12 nitrogen and oxygen atoms in total. The first-order valence-electron chi connectivity index (χ1n) is 11.8. The van der Waals surface area contributed by atoms with Crippen molar-refractivity contribution in [1.29, 1.82) is 0 Å². The molecule has 0 bridgehead atoms. The number of ether oxygens (including phenoxy) is 7. The quantitative estimate of drug-likeness (QED) is 0.314. The maximum atomic E-state index is 5.76. The Bertz CT molecular complexity index is 1140. The van der Waals surface area contributed by atoms with Crippen molar-refractivity contribution in [3.63, 3.8) is 0 Å². The maximum Gasteiger partial charge on any atom is 0.323 e. The third-order valence-electron chi connectivity index (χ3n) is 5.40. The van der Waals surface area contributed by atoms with Crippen molar-refractivity contribution in [2.45, 2.75) is 33.0 Å². The van der Waals surface area contributed by atoms with Crippen LogP contribution in [0.1, 0.15) is 25.0 Å². The Hall–Kier alpha value is -4.35. The molecule has 0 aliphatic rings. The van der Waals surface area contributed by atoms with Gasteiger partial charge in [-0.3, -0.25) is 0 Å². The fourth-order valence-corrected chi connectivity index (χ4v) is 3.73. The lowest BCUT2D eigenvalue weighted by atomic mass is 10.1. The smallest absolute Gasteiger partial charge is 0.323 e. The fourth-order valence-electron chi connectivity index (χ4n) is 3.73. The van der Waals surface area contributed by atoms with E-state index in [0.717, 1.165) is 11.1 Å². The Balaban J connectivity index is 1.86. The average molecular weight is 530 g/mol. The standard InChI is InChI=1S/C26H35N5O7/c1-15(2)38-26-30-24(27-13-16-9-11-18(32-3)22(36-7)20(16)34-5)29-25(31-26)28-14-17-10-12-19(33-4)23(37-8)21(17)35-6/h9-12,15H,13-14H2,1-8H3,(H2,27,28,29,30,31). The Morgan fingerprint density at radius 2 is 1.00 bits per heavy atom. The van der Waals surface area contributed by atoms with Crippen LogP contribution in [0.25, 0.3) is 0 Å². The van der Waals surface area contributed by atoms with Crippen molar-refractivity contribution in [2.24, 2.45) is 0 Å². The lowest BCUT2D eigenvalue weighted by Gasteiger charge is -2.17. The highest BCUT2D eigenvalue weighted by molar-refractivity contribution is 5.57. The monoisotopic (exact) mass is 529 g/mol. The highest BCUT2D eigenvalue weighted by Gasteiger charge is 2.18. The van der Waals surface area contributed by atoms with Gasteiger partial charge in [-0.15, -0.1) is 0 Å². The van der Waals surface area contributed by atoms with Gasteiger partial charge in [0, 0.05) is 24.2 Å². The summed E-state index contributed by atoms with van der Waals surface area (Å²) in [6.07, 6.45) is -0.130. The number of rotatable bonds is 14. The van der Waals surface area contributed by atoms with Crippen LogP contribution in [0, 0.1) is 0 Å². The Morgan fingerprint density at radius 1 is 0.579 bits per heavy atom. The summed E-state index contributed by atoms with van der Waals surface area (Å²) in [4.78, 5) is 13.3. The Kier molecular flexibility index (Phi) is 9.85. The molecule has 0 fully saturated rings. The minimum absolute atomic E-state index is 0.130. The zero-order valence-corrected chi connectivity index (χ0v) is 23.0. The summed E-state index contributed by atoms with van der Waals surface area (Å²) in [7, 11) is 9.41. The fraction of sp³-hybridized carbons (Fsp3) is 0.423. The molecule has 2 aromatic carbocycles. The number of hydrogen-bond donors (Lipinski definition) is 2. The van der Waals surface area contributed by atoms with Crippen LogP contribution in [0.15, 0.2) is 24.3 Å². The molecule has 0 saturated heterocycles. The van der Waals surface area contributed by atoms with Gasteiger partial charge in [0.2, 0.25) is 23.4 Å². The van der Waals surface area contributed by atoms with E-state index in [1.165, 1.54) is 0 Å². The molecule has 0 aliphatic carbocycles. The van der Waals surface area contributed by atoms with Crippen LogP contribution in [-0.4, -0.2) is 63.7 Å². The van der Waals surface area contributed by atoms with Gasteiger partial charge in [0.05, 0.1) is 48.8 Å². The molecule has 3 rings (SSSR count). The summed E-state index contributed by atoms with van der Waals surface area (Å²) in [6, 6.07) is 7.55. The second kappa shape index (κ2) is 13.3. The van der Waals surface area contributed by atoms with Crippen LogP contribution < -0.4 is 43.8 Å². The van der Waals surface area contributed by atoms with Crippen molar-refractivity contribution >= 4 is 11.9 Å². The van der Waals surface area contributed by atoms with Gasteiger partial charge in [-0.2, -0.15) is 15.0 Å². The van der Waals surface area contributed by atoms with Crippen LogP contribution in [0.4, 0.5) is 11.9 Å². The van der Waals surface area contributed by atoms with Crippen LogP contribution in [-0.2, 0) is 13.1 Å². The van der Waals surface area contributed by atoms with E-state index in [4.69, 9.17) is 33.2 Å². The van der Waals surface area contributed by atoms with Crippen LogP contribution in [0.3, 0.4) is 0 Å². The maximum absolute atomic E-state index is 5.76. The molecular formula is C26H35N5O7. The predicted molar refractivity (Wildman–Crippen MR) is 142 cm³/mol. The van der Waals surface area contributed by atoms with Gasteiger partial charge in [0.25, 0.3) is 0 Å². The largest absolute Gasteiger partial charge is 0.493 e. The van der Waals surface area contributed by atoms with Gasteiger partial charge < -0.3 is 43.8 Å². The topological polar surface area (TPSA) is 127 Å². The summed E-state index contributed by atoms with van der Waals surface area (Å²) in [5.74, 6) is 3.86. The molecule has 1 heterocycles. The zero-order valence-electron chi connectivity index (χ0n) is 23.0. The van der Waals surface area contributed by atoms with Crippen molar-refractivity contribution in [3.05, 3.63) is 35.4 Å². The normalized spacial score (nSPS) is 10.6. The lowest BCUT2D eigenvalue weighted by Crippen LogP contribution is -2.14. The van der Waals surface area contributed by atoms with Crippen molar-refractivity contribution in [1.82, 2.24) is 15.0 Å². The van der Waals surface area contributed by atoms with Gasteiger partial charge in [-0.05, 0) is 38.1 Å². The van der Waals surface area contributed by atoms with Gasteiger partial charge >= 0.3 is 6.01 Å². The highest BCUT2D eigenvalue weighted by Crippen LogP contribution is 2.41. The first kappa shape index (κ1) is 28.2. The molecule has 3 aromatic rings. The molecule has 0 unspecified atom stereocenters. The average Bonchev–Trinajstić information content (AvgIpc) is 2.92. The van der Waals surface area contributed by atoms with Gasteiger partial charge in [-0.1, -0.05) is 0 Å². The molecule has 12 heteroatoms. The highest BCUT2D eigenvalue weighted by atomic mass is 16.5. The Morgan fingerprint density at radius 3 is 1.34 bits per heavy atom. The summed E-state index contributed by atoms with van der Waals surface area (Å²) in [6.45, 7) is 4.48. The predicted octanol–water partition coefficient (Wildman–Crippen LogP) is 3.93. The number of methoxy groups -OCH3 is 6. The van der Waals surface area contributed by atoms with E-state index < -0.39 is 0 Å². The van der Waals surface area contributed by atoms with Crippen molar-refractivity contribution in [2.75, 3.05) is 53.3 Å². The molecule has 0 amide bonds. The molecule has 38 heavy (non-hydrogen) atoms. The minimum atomic E-state index is -0.130. The van der Waals surface area contributed by atoms with Gasteiger partial charge in [0.15, 0.2) is 23.0 Å². The first-order chi connectivity index (χ1) is 18.4. The first-order valence-corrected chi connectivity index (χ1v) is 11.8. The number of aromatic nitrogens is 3. The lowest BCUT2D eigenvalue weighted by molar-refractivity contribution is 0.222. The van der Waals surface area contributed by atoms with Crippen molar-refractivity contribution in [3.8, 4) is 40.5 Å². The van der Waals surface area contributed by atoms with E-state index in [-0.39, 0.29) is 12.1 Å². The molecule has 0 radical (unpaired) electrons. The molecule has 206 valence electrons. The number of hydrogen-bond acceptors (Lipinski definition) is 12. The van der Waals surface area contributed by atoms with Gasteiger partial charge in [-0.25, -0.2) is 0 Å². The summed E-state index contributed by atoms with van der Waals surface area (Å²) >= 11 is 0. The number of anilines is 2. The number of benzene rings is 2. The molecule has 0 atom stereocenters. The van der Waals surface area contributed by atoms with Gasteiger partial charge in [0.1, 0.15) is 0 Å². The van der Waals surface area contributed by atoms with E-state index in [1.54, 1.807) is 42.7 Å². The zero-order chi connectivity index (χ0) is 27.7. The van der Waals surface area contributed by atoms with Crippen LogP contribution >= 0.6 is 0 Å². The summed E-state index contributed by atoms with van der Waals surface area (Å²) < 4.78 is 38.6. The van der Waals surface area contributed by atoms with Crippen LogP contribution in [0.2, 0.25) is 0 Å². The number of nitrogens with one attached hydrogen (secondary N) is 2. The van der Waals surface area contributed by atoms with E-state index >= 15 is 0 Å². The second-order valence-electron chi connectivity index (χ2n) is 8.13. The molecule has 0 aliphatic heterocycles. The van der Waals surface area contributed by atoms with E-state index in [9.17, 15) is 0 Å². The molecule has 0 saturated carbocycles. The van der Waals surface area contributed by atoms with E-state index in [0.29, 0.717) is 59.5 Å².